The van der Waals surface area contributed by atoms with Gasteiger partial charge in [0.2, 0.25) is 0 Å². The molecule has 0 fully saturated rings. The van der Waals surface area contributed by atoms with Crippen molar-refractivity contribution in [1.82, 2.24) is 5.32 Å². The number of carbonyl (C=O) groups excluding carboxylic acids is 2. The van der Waals surface area contributed by atoms with E-state index >= 15 is 0 Å². The quantitative estimate of drug-likeness (QED) is 0.444. The number of amides is 2. The smallest absolute Gasteiger partial charge is 0.258 e. The van der Waals surface area contributed by atoms with Crippen LogP contribution in [0, 0.1) is 0 Å². The van der Waals surface area contributed by atoms with E-state index in [4.69, 9.17) is 0 Å². The van der Waals surface area contributed by atoms with E-state index in [1.165, 1.54) is 6.08 Å². The number of benzene rings is 4. The molecule has 1 aliphatic heterocycles. The molecule has 3 heteroatoms. The summed E-state index contributed by atoms with van der Waals surface area (Å²) in [7, 11) is 0. The molecule has 0 spiro atoms. The second-order valence-corrected chi connectivity index (χ2v) is 7.42. The van der Waals surface area contributed by atoms with Crippen molar-refractivity contribution in [2.24, 2.45) is 0 Å². The zero-order valence-electron chi connectivity index (χ0n) is 16.7. The highest BCUT2D eigenvalue weighted by Gasteiger charge is 2.28. The first-order valence-corrected chi connectivity index (χ1v) is 10.1. The van der Waals surface area contributed by atoms with Gasteiger partial charge in [0.05, 0.1) is 5.57 Å². The van der Waals surface area contributed by atoms with Crippen LogP contribution in [0.5, 0.6) is 0 Å². The maximum atomic E-state index is 12.7. The molecule has 5 rings (SSSR count). The van der Waals surface area contributed by atoms with Crippen molar-refractivity contribution in [2.45, 2.75) is 0 Å². The van der Waals surface area contributed by atoms with Gasteiger partial charge in [0.15, 0.2) is 0 Å². The van der Waals surface area contributed by atoms with Crippen LogP contribution >= 0.6 is 0 Å². The summed E-state index contributed by atoms with van der Waals surface area (Å²) >= 11 is 0. The monoisotopic (exact) mass is 401 g/mol. The average molecular weight is 401 g/mol. The summed E-state index contributed by atoms with van der Waals surface area (Å²) in [4.78, 5) is 24.7. The van der Waals surface area contributed by atoms with E-state index in [1.54, 1.807) is 0 Å². The summed E-state index contributed by atoms with van der Waals surface area (Å²) in [6.07, 6.45) is 1.40. The first-order valence-electron chi connectivity index (χ1n) is 10.1. The Balaban J connectivity index is 1.88. The van der Waals surface area contributed by atoms with Crippen LogP contribution in [0.2, 0.25) is 0 Å². The highest BCUT2D eigenvalue weighted by molar-refractivity contribution is 6.35. The van der Waals surface area contributed by atoms with Crippen molar-refractivity contribution >= 4 is 17.4 Å². The molecule has 0 bridgehead atoms. The summed E-state index contributed by atoms with van der Waals surface area (Å²) in [6.45, 7) is 0. The normalized spacial score (nSPS) is 13.1. The van der Waals surface area contributed by atoms with Crippen molar-refractivity contribution in [2.75, 3.05) is 0 Å². The van der Waals surface area contributed by atoms with Crippen LogP contribution in [0.3, 0.4) is 0 Å². The molecule has 0 saturated carbocycles. The van der Waals surface area contributed by atoms with Crippen LogP contribution in [0.1, 0.15) is 5.56 Å². The molecule has 1 N–H and O–H groups in total. The van der Waals surface area contributed by atoms with Crippen molar-refractivity contribution in [3.05, 3.63) is 115 Å². The molecule has 0 atom stereocenters. The largest absolute Gasteiger partial charge is 0.289 e. The third kappa shape index (κ3) is 3.58. The summed E-state index contributed by atoms with van der Waals surface area (Å²) in [5, 5.41) is 2.40. The van der Waals surface area contributed by atoms with Gasteiger partial charge in [-0.15, -0.1) is 0 Å². The highest BCUT2D eigenvalue weighted by atomic mass is 16.2. The molecule has 2 amide bonds. The van der Waals surface area contributed by atoms with Gasteiger partial charge in [-0.05, 0) is 45.5 Å². The van der Waals surface area contributed by atoms with Crippen molar-refractivity contribution in [3.63, 3.8) is 0 Å². The SMILES string of the molecule is O=C1C=C(c2c(-c3ccccc3)cc(-c3ccccc3)cc2-c2ccccc2)C(=O)N1. The number of nitrogens with one attached hydrogen (secondary N) is 1. The van der Waals surface area contributed by atoms with Gasteiger partial charge in [0.25, 0.3) is 11.8 Å². The Morgan fingerprint density at radius 3 is 1.39 bits per heavy atom. The lowest BCUT2D eigenvalue weighted by atomic mass is 9.84. The number of hydrogen-bond donors (Lipinski definition) is 1. The number of carbonyl (C=O) groups is 2. The summed E-state index contributed by atoms with van der Waals surface area (Å²) in [5.74, 6) is -0.753. The zero-order chi connectivity index (χ0) is 21.2. The topological polar surface area (TPSA) is 46.2 Å². The molecule has 31 heavy (non-hydrogen) atoms. The first kappa shape index (κ1) is 18.8. The standard InChI is InChI=1S/C28H19NO2/c30-26-18-25(28(31)29-26)27-23(20-12-6-2-7-13-20)16-22(19-10-4-1-5-11-19)17-24(27)21-14-8-3-9-15-21/h1-18H,(H,29,30,31). The Bertz CT molecular complexity index is 1250. The van der Waals surface area contributed by atoms with Gasteiger partial charge >= 0.3 is 0 Å². The Labute approximate surface area is 180 Å². The number of hydrogen-bond acceptors (Lipinski definition) is 2. The van der Waals surface area contributed by atoms with Crippen LogP contribution in [0.4, 0.5) is 0 Å². The van der Waals surface area contributed by atoms with E-state index in [0.29, 0.717) is 5.57 Å². The molecule has 1 aliphatic rings. The van der Waals surface area contributed by atoms with Crippen LogP contribution in [-0.2, 0) is 9.59 Å². The van der Waals surface area contributed by atoms with Crippen LogP contribution in [0.15, 0.2) is 109 Å². The summed E-state index contributed by atoms with van der Waals surface area (Å²) in [5.41, 5.74) is 7.09. The fraction of sp³-hybridized carbons (Fsp3) is 0. The fourth-order valence-corrected chi connectivity index (χ4v) is 4.02. The number of rotatable bonds is 4. The molecule has 4 aromatic carbocycles. The van der Waals surface area contributed by atoms with E-state index in [9.17, 15) is 9.59 Å². The first-order chi connectivity index (χ1) is 15.2. The van der Waals surface area contributed by atoms with E-state index in [1.807, 2.05) is 78.9 Å². The van der Waals surface area contributed by atoms with E-state index in [2.05, 4.69) is 29.6 Å². The van der Waals surface area contributed by atoms with E-state index in [0.717, 1.165) is 38.9 Å². The molecule has 148 valence electrons. The third-order valence-corrected chi connectivity index (χ3v) is 5.44. The maximum absolute atomic E-state index is 12.7. The molecule has 0 unspecified atom stereocenters. The van der Waals surface area contributed by atoms with Gasteiger partial charge < -0.3 is 0 Å². The Morgan fingerprint density at radius 1 is 0.516 bits per heavy atom. The second-order valence-electron chi connectivity index (χ2n) is 7.42. The second kappa shape index (κ2) is 7.88. The zero-order valence-corrected chi connectivity index (χ0v) is 16.7. The predicted molar refractivity (Wildman–Crippen MR) is 124 cm³/mol. The Kier molecular flexibility index (Phi) is 4.77. The lowest BCUT2D eigenvalue weighted by molar-refractivity contribution is -0.123. The molecule has 4 aromatic rings. The van der Waals surface area contributed by atoms with Crippen LogP contribution in [0.25, 0.3) is 39.0 Å². The van der Waals surface area contributed by atoms with Gasteiger partial charge in [-0.3, -0.25) is 14.9 Å². The predicted octanol–water partition coefficient (Wildman–Crippen LogP) is 5.73. The lowest BCUT2D eigenvalue weighted by Crippen LogP contribution is -2.22. The average Bonchev–Trinajstić information content (AvgIpc) is 3.17. The van der Waals surface area contributed by atoms with Gasteiger partial charge in [-0.2, -0.15) is 0 Å². The lowest BCUT2D eigenvalue weighted by Gasteiger charge is -2.18. The van der Waals surface area contributed by atoms with Crippen molar-refractivity contribution in [1.29, 1.82) is 0 Å². The van der Waals surface area contributed by atoms with Gasteiger partial charge in [-0.1, -0.05) is 91.0 Å². The van der Waals surface area contributed by atoms with Crippen molar-refractivity contribution in [3.8, 4) is 33.4 Å². The Hall–Kier alpha value is -4.24. The van der Waals surface area contributed by atoms with Gasteiger partial charge in [-0.25, -0.2) is 0 Å². The van der Waals surface area contributed by atoms with Gasteiger partial charge in [0, 0.05) is 11.6 Å². The highest BCUT2D eigenvalue weighted by Crippen LogP contribution is 2.41. The number of imide groups is 1. The maximum Gasteiger partial charge on any atom is 0.258 e. The molecule has 1 heterocycles. The molecular weight excluding hydrogens is 382 g/mol. The van der Waals surface area contributed by atoms with Crippen molar-refractivity contribution < 1.29 is 9.59 Å². The van der Waals surface area contributed by atoms with Gasteiger partial charge in [0.1, 0.15) is 0 Å². The minimum absolute atomic E-state index is 0.369. The molecule has 3 nitrogen and oxygen atoms in total. The molecule has 0 aliphatic carbocycles. The molecular formula is C28H19NO2. The minimum atomic E-state index is -0.384. The van der Waals surface area contributed by atoms with E-state index < -0.39 is 0 Å². The third-order valence-electron chi connectivity index (χ3n) is 5.44. The fourth-order valence-electron chi connectivity index (χ4n) is 4.02. The molecule has 0 radical (unpaired) electrons. The van der Waals surface area contributed by atoms with E-state index in [-0.39, 0.29) is 11.8 Å². The van der Waals surface area contributed by atoms with Crippen LogP contribution < -0.4 is 5.32 Å². The minimum Gasteiger partial charge on any atom is -0.289 e. The molecule has 0 aromatic heterocycles. The Morgan fingerprint density at radius 2 is 0.968 bits per heavy atom. The summed E-state index contributed by atoms with van der Waals surface area (Å²) in [6, 6.07) is 34.3. The van der Waals surface area contributed by atoms with Crippen LogP contribution in [-0.4, -0.2) is 11.8 Å². The molecule has 0 saturated heterocycles. The summed E-state index contributed by atoms with van der Waals surface area (Å²) < 4.78 is 0.